The summed E-state index contributed by atoms with van der Waals surface area (Å²) in [6.07, 6.45) is 0.627. The minimum atomic E-state index is -3.66. The van der Waals surface area contributed by atoms with Gasteiger partial charge in [0.05, 0.1) is 16.3 Å². The molecule has 2 aromatic carbocycles. The number of rotatable bonds is 6. The largest absolute Gasteiger partial charge is 0.326 e. The average molecular weight is 433 g/mol. The summed E-state index contributed by atoms with van der Waals surface area (Å²) in [7, 11) is -3.66. The van der Waals surface area contributed by atoms with Crippen LogP contribution in [0, 0.1) is 5.92 Å². The Labute approximate surface area is 175 Å². The van der Waals surface area contributed by atoms with Gasteiger partial charge >= 0.3 is 0 Å². The second kappa shape index (κ2) is 9.00. The normalized spacial score (nSPS) is 16.5. The highest BCUT2D eigenvalue weighted by Crippen LogP contribution is 2.34. The Hall–Kier alpha value is -2.32. The molecule has 0 aliphatic carbocycles. The molecule has 0 aromatic heterocycles. The lowest BCUT2D eigenvalue weighted by atomic mass is 10.1. The summed E-state index contributed by atoms with van der Waals surface area (Å²) in [5, 5.41) is 5.58. The van der Waals surface area contributed by atoms with Gasteiger partial charge in [0.15, 0.2) is 9.84 Å². The molecule has 1 heterocycles. The minimum Gasteiger partial charge on any atom is -0.326 e. The first-order chi connectivity index (χ1) is 13.8. The third-order valence-corrected chi connectivity index (χ3v) is 7.82. The van der Waals surface area contributed by atoms with Crippen LogP contribution in [0.1, 0.15) is 25.8 Å². The molecule has 1 atom stereocenters. The fraction of sp³-hybridized carbons (Fsp3) is 0.333. The van der Waals surface area contributed by atoms with Crippen LogP contribution in [0.25, 0.3) is 0 Å². The molecule has 0 saturated carbocycles. The van der Waals surface area contributed by atoms with Gasteiger partial charge in [-0.05, 0) is 36.2 Å². The molecular weight excluding hydrogens is 408 g/mol. The van der Waals surface area contributed by atoms with Crippen molar-refractivity contribution in [3.8, 4) is 0 Å². The lowest BCUT2D eigenvalue weighted by Gasteiger charge is -2.11. The molecule has 2 N–H and O–H groups in total. The number of carbonyl (C=O) groups is 2. The van der Waals surface area contributed by atoms with Crippen LogP contribution in [-0.4, -0.2) is 31.7 Å². The van der Waals surface area contributed by atoms with Gasteiger partial charge in [-0.25, -0.2) is 8.42 Å². The molecule has 3 rings (SSSR count). The van der Waals surface area contributed by atoms with Gasteiger partial charge in [0, 0.05) is 28.7 Å². The zero-order valence-corrected chi connectivity index (χ0v) is 18.0. The smallest absolute Gasteiger partial charge is 0.228 e. The van der Waals surface area contributed by atoms with Crippen LogP contribution in [0.2, 0.25) is 0 Å². The van der Waals surface area contributed by atoms with Crippen molar-refractivity contribution in [2.45, 2.75) is 36.5 Å². The van der Waals surface area contributed by atoms with Gasteiger partial charge in [-0.3, -0.25) is 9.59 Å². The van der Waals surface area contributed by atoms with Gasteiger partial charge in [0.25, 0.3) is 0 Å². The summed E-state index contributed by atoms with van der Waals surface area (Å²) in [5.41, 5.74) is 2.21. The molecule has 8 heteroatoms. The van der Waals surface area contributed by atoms with E-state index in [4.69, 9.17) is 0 Å². The fourth-order valence-corrected chi connectivity index (χ4v) is 5.25. The second-order valence-electron chi connectivity index (χ2n) is 6.99. The topological polar surface area (TPSA) is 92.3 Å². The lowest BCUT2D eigenvalue weighted by Crippen LogP contribution is -2.20. The van der Waals surface area contributed by atoms with Crippen LogP contribution >= 0.6 is 11.8 Å². The van der Waals surface area contributed by atoms with Gasteiger partial charge in [0.1, 0.15) is 0 Å². The van der Waals surface area contributed by atoms with Crippen molar-refractivity contribution >= 4 is 44.8 Å². The molecule has 154 valence electrons. The standard InChI is InChI=1S/C21H24N2O4S2/c1-3-15-6-4-5-7-17(15)22-20(24)10-11-29(26,27)16-8-9-19-18(12-16)23-21(25)14(2)13-28-19/h4-9,12,14H,3,10-11,13H2,1-2H3,(H,22,24)(H,23,25). The number of benzene rings is 2. The van der Waals surface area contributed by atoms with Crippen molar-refractivity contribution < 1.29 is 18.0 Å². The van der Waals surface area contributed by atoms with Gasteiger partial charge < -0.3 is 10.6 Å². The number of nitrogens with one attached hydrogen (secondary N) is 2. The summed E-state index contributed by atoms with van der Waals surface area (Å²) >= 11 is 1.52. The number of carbonyl (C=O) groups excluding carboxylic acids is 2. The number of aryl methyl sites for hydroxylation is 1. The van der Waals surface area contributed by atoms with Crippen molar-refractivity contribution in [2.24, 2.45) is 5.92 Å². The molecule has 29 heavy (non-hydrogen) atoms. The van der Waals surface area contributed by atoms with Gasteiger partial charge in [-0.15, -0.1) is 11.8 Å². The number of anilines is 2. The Bertz CT molecular complexity index is 1030. The zero-order valence-electron chi connectivity index (χ0n) is 16.4. The Balaban J connectivity index is 1.69. The van der Waals surface area contributed by atoms with E-state index in [9.17, 15) is 18.0 Å². The molecule has 2 aromatic rings. The molecule has 2 amide bonds. The highest BCUT2D eigenvalue weighted by Gasteiger charge is 2.23. The maximum atomic E-state index is 12.7. The maximum absolute atomic E-state index is 12.7. The van der Waals surface area contributed by atoms with E-state index in [0.29, 0.717) is 17.1 Å². The van der Waals surface area contributed by atoms with Crippen LogP contribution in [-0.2, 0) is 25.8 Å². The number of para-hydroxylation sites is 1. The molecule has 0 spiro atoms. The second-order valence-corrected chi connectivity index (χ2v) is 10.2. The van der Waals surface area contributed by atoms with E-state index in [1.54, 1.807) is 12.1 Å². The maximum Gasteiger partial charge on any atom is 0.228 e. The number of thioether (sulfide) groups is 1. The third-order valence-electron chi connectivity index (χ3n) is 4.77. The third kappa shape index (κ3) is 5.19. The SMILES string of the molecule is CCc1ccccc1NC(=O)CCS(=O)(=O)c1ccc2c(c1)NC(=O)C(C)CS2. The monoisotopic (exact) mass is 432 g/mol. The van der Waals surface area contributed by atoms with E-state index in [0.717, 1.165) is 16.9 Å². The summed E-state index contributed by atoms with van der Waals surface area (Å²) in [5.74, 6) is -0.280. The van der Waals surface area contributed by atoms with Crippen LogP contribution < -0.4 is 10.6 Å². The molecule has 1 aliphatic rings. The molecule has 0 radical (unpaired) electrons. The number of hydrogen-bond donors (Lipinski definition) is 2. The van der Waals surface area contributed by atoms with Crippen molar-refractivity contribution in [2.75, 3.05) is 22.1 Å². The number of amides is 2. The van der Waals surface area contributed by atoms with Crippen molar-refractivity contribution in [3.63, 3.8) is 0 Å². The van der Waals surface area contributed by atoms with Crippen LogP contribution in [0.3, 0.4) is 0 Å². The summed E-state index contributed by atoms with van der Waals surface area (Å²) < 4.78 is 25.5. The molecule has 1 aliphatic heterocycles. The van der Waals surface area contributed by atoms with Crippen LogP contribution in [0.4, 0.5) is 11.4 Å². The highest BCUT2D eigenvalue weighted by molar-refractivity contribution is 7.99. The predicted molar refractivity (Wildman–Crippen MR) is 116 cm³/mol. The minimum absolute atomic E-state index is 0.105. The summed E-state index contributed by atoms with van der Waals surface area (Å²) in [6.45, 7) is 3.83. The van der Waals surface area contributed by atoms with E-state index in [2.05, 4.69) is 10.6 Å². The molecule has 1 unspecified atom stereocenters. The van der Waals surface area contributed by atoms with E-state index in [1.165, 1.54) is 23.9 Å². The van der Waals surface area contributed by atoms with Gasteiger partial charge in [0.2, 0.25) is 11.8 Å². The Morgan fingerprint density at radius 2 is 2.00 bits per heavy atom. The Kier molecular flexibility index (Phi) is 6.64. The van der Waals surface area contributed by atoms with Gasteiger partial charge in [-0.1, -0.05) is 32.0 Å². The molecule has 0 saturated heterocycles. The fourth-order valence-electron chi connectivity index (χ4n) is 2.98. The van der Waals surface area contributed by atoms with E-state index >= 15 is 0 Å². The first kappa shape index (κ1) is 21.4. The predicted octanol–water partition coefficient (Wildman–Crippen LogP) is 3.73. The Morgan fingerprint density at radius 3 is 2.76 bits per heavy atom. The highest BCUT2D eigenvalue weighted by atomic mass is 32.2. The van der Waals surface area contributed by atoms with Crippen molar-refractivity contribution in [3.05, 3.63) is 48.0 Å². The Morgan fingerprint density at radius 1 is 1.24 bits per heavy atom. The quantitative estimate of drug-likeness (QED) is 0.726. The van der Waals surface area contributed by atoms with E-state index < -0.39 is 9.84 Å². The lowest BCUT2D eigenvalue weighted by molar-refractivity contribution is -0.118. The van der Waals surface area contributed by atoms with E-state index in [-0.39, 0.29) is 34.8 Å². The van der Waals surface area contributed by atoms with E-state index in [1.807, 2.05) is 32.0 Å². The van der Waals surface area contributed by atoms with Crippen LogP contribution in [0.15, 0.2) is 52.3 Å². The summed E-state index contributed by atoms with van der Waals surface area (Å²) in [6, 6.07) is 12.2. The first-order valence-electron chi connectivity index (χ1n) is 9.48. The molecule has 0 fully saturated rings. The number of hydrogen-bond acceptors (Lipinski definition) is 5. The van der Waals surface area contributed by atoms with Crippen LogP contribution in [0.5, 0.6) is 0 Å². The van der Waals surface area contributed by atoms with Crippen molar-refractivity contribution in [1.82, 2.24) is 0 Å². The zero-order chi connectivity index (χ0) is 21.0. The number of sulfone groups is 1. The number of fused-ring (bicyclic) bond motifs is 1. The van der Waals surface area contributed by atoms with Gasteiger partial charge in [-0.2, -0.15) is 0 Å². The molecular formula is C21H24N2O4S2. The molecule has 0 bridgehead atoms. The molecule has 6 nitrogen and oxygen atoms in total. The first-order valence-corrected chi connectivity index (χ1v) is 12.1. The average Bonchev–Trinajstić information content (AvgIpc) is 2.85. The summed E-state index contributed by atoms with van der Waals surface area (Å²) in [4.78, 5) is 25.3. The van der Waals surface area contributed by atoms with Crippen molar-refractivity contribution in [1.29, 1.82) is 0 Å².